The molecule has 3 aromatic rings. The number of amides is 1. The maximum absolute atomic E-state index is 13.0. The van der Waals surface area contributed by atoms with Crippen molar-refractivity contribution in [2.24, 2.45) is 0 Å². The molecule has 1 amide bonds. The Hall–Kier alpha value is -3.50. The summed E-state index contributed by atoms with van der Waals surface area (Å²) >= 11 is 0. The SMILES string of the molecule is COc1ccccc1C(CNC(=O)c1c(C)oc(-n2cccc2)c1C#N)N(C)C. The Kier molecular flexibility index (Phi) is 6.05. The number of aromatic nitrogens is 1. The Balaban J connectivity index is 1.86. The number of para-hydroxylation sites is 1. The van der Waals surface area contributed by atoms with Crippen LogP contribution in [0.2, 0.25) is 0 Å². The highest BCUT2D eigenvalue weighted by Crippen LogP contribution is 2.28. The monoisotopic (exact) mass is 392 g/mol. The van der Waals surface area contributed by atoms with Crippen LogP contribution >= 0.6 is 0 Å². The molecule has 0 bridgehead atoms. The minimum atomic E-state index is -0.344. The second-order valence-electron chi connectivity index (χ2n) is 6.85. The Bertz CT molecular complexity index is 1030. The lowest BCUT2D eigenvalue weighted by Crippen LogP contribution is -2.35. The first-order valence-corrected chi connectivity index (χ1v) is 9.22. The van der Waals surface area contributed by atoms with E-state index in [-0.39, 0.29) is 23.1 Å². The lowest BCUT2D eigenvalue weighted by Gasteiger charge is -2.26. The number of rotatable bonds is 7. The van der Waals surface area contributed by atoms with Gasteiger partial charge in [-0.1, -0.05) is 18.2 Å². The van der Waals surface area contributed by atoms with Crippen molar-refractivity contribution in [1.29, 1.82) is 5.26 Å². The van der Waals surface area contributed by atoms with Gasteiger partial charge in [0.2, 0.25) is 5.88 Å². The van der Waals surface area contributed by atoms with Gasteiger partial charge in [-0.3, -0.25) is 9.36 Å². The maximum atomic E-state index is 13.0. The number of nitriles is 1. The smallest absolute Gasteiger partial charge is 0.256 e. The summed E-state index contributed by atoms with van der Waals surface area (Å²) in [5.41, 5.74) is 1.45. The molecule has 1 unspecified atom stereocenters. The normalized spacial score (nSPS) is 11.9. The summed E-state index contributed by atoms with van der Waals surface area (Å²) in [6, 6.07) is 13.4. The van der Waals surface area contributed by atoms with Crippen molar-refractivity contribution in [3.05, 3.63) is 71.2 Å². The molecule has 0 aliphatic rings. The molecule has 0 aliphatic carbocycles. The van der Waals surface area contributed by atoms with E-state index in [1.54, 1.807) is 31.0 Å². The third-order valence-corrected chi connectivity index (χ3v) is 4.82. The lowest BCUT2D eigenvalue weighted by atomic mass is 10.0. The number of ether oxygens (including phenoxy) is 1. The predicted molar refractivity (Wildman–Crippen MR) is 109 cm³/mol. The van der Waals surface area contributed by atoms with Crippen LogP contribution < -0.4 is 10.1 Å². The highest BCUT2D eigenvalue weighted by molar-refractivity contribution is 5.98. The van der Waals surface area contributed by atoms with Crippen molar-refractivity contribution in [3.8, 4) is 17.7 Å². The molecule has 7 nitrogen and oxygen atoms in total. The number of nitrogens with one attached hydrogen (secondary N) is 1. The second-order valence-corrected chi connectivity index (χ2v) is 6.85. The maximum Gasteiger partial charge on any atom is 0.256 e. The van der Waals surface area contributed by atoms with Gasteiger partial charge in [0.05, 0.1) is 13.2 Å². The molecule has 0 aliphatic heterocycles. The first kappa shape index (κ1) is 20.2. The Labute approximate surface area is 170 Å². The fourth-order valence-corrected chi connectivity index (χ4v) is 3.35. The summed E-state index contributed by atoms with van der Waals surface area (Å²) in [5.74, 6) is 1.16. The fraction of sp³-hybridized carbons (Fsp3) is 0.273. The van der Waals surface area contributed by atoms with Crippen molar-refractivity contribution < 1.29 is 13.9 Å². The Morgan fingerprint density at radius 3 is 2.59 bits per heavy atom. The number of methoxy groups -OCH3 is 1. The molecule has 2 heterocycles. The summed E-state index contributed by atoms with van der Waals surface area (Å²) in [7, 11) is 5.51. The van der Waals surface area contributed by atoms with Crippen LogP contribution in [0.5, 0.6) is 5.75 Å². The topological polar surface area (TPSA) is 83.4 Å². The van der Waals surface area contributed by atoms with E-state index in [9.17, 15) is 10.1 Å². The molecule has 3 rings (SSSR count). The van der Waals surface area contributed by atoms with E-state index in [1.807, 2.05) is 55.4 Å². The van der Waals surface area contributed by atoms with Gasteiger partial charge in [0.25, 0.3) is 5.91 Å². The fourth-order valence-electron chi connectivity index (χ4n) is 3.35. The van der Waals surface area contributed by atoms with Crippen molar-refractivity contribution in [2.75, 3.05) is 27.7 Å². The number of hydrogen-bond donors (Lipinski definition) is 1. The first-order valence-electron chi connectivity index (χ1n) is 9.22. The molecular formula is C22H24N4O3. The van der Waals surface area contributed by atoms with Crippen LogP contribution in [0.15, 0.2) is 53.2 Å². The van der Waals surface area contributed by atoms with E-state index < -0.39 is 0 Å². The standard InChI is InChI=1S/C22H24N4O3/c1-15-20(17(13-23)22(29-15)26-11-7-8-12-26)21(27)24-14-18(25(2)3)16-9-5-6-10-19(16)28-4/h5-12,18H,14H2,1-4H3,(H,24,27). The third-order valence-electron chi connectivity index (χ3n) is 4.82. The van der Waals surface area contributed by atoms with Gasteiger partial charge in [-0.15, -0.1) is 0 Å². The molecular weight excluding hydrogens is 368 g/mol. The number of furan rings is 1. The number of aryl methyl sites for hydroxylation is 1. The highest BCUT2D eigenvalue weighted by atomic mass is 16.5. The van der Waals surface area contributed by atoms with Crippen LogP contribution in [0.25, 0.3) is 5.88 Å². The van der Waals surface area contributed by atoms with Crippen LogP contribution in [-0.4, -0.2) is 43.1 Å². The number of hydrogen-bond acceptors (Lipinski definition) is 5. The van der Waals surface area contributed by atoms with Gasteiger partial charge in [-0.25, -0.2) is 0 Å². The Morgan fingerprint density at radius 2 is 1.97 bits per heavy atom. The van der Waals surface area contributed by atoms with Gasteiger partial charge < -0.3 is 19.4 Å². The quantitative estimate of drug-likeness (QED) is 0.667. The minimum absolute atomic E-state index is 0.100. The minimum Gasteiger partial charge on any atom is -0.496 e. The van der Waals surface area contributed by atoms with Gasteiger partial charge in [0.1, 0.15) is 28.7 Å². The van der Waals surface area contributed by atoms with Gasteiger partial charge in [0.15, 0.2) is 0 Å². The third kappa shape index (κ3) is 4.03. The van der Waals surface area contributed by atoms with Crippen LogP contribution in [0.3, 0.4) is 0 Å². The van der Waals surface area contributed by atoms with Crippen LogP contribution in [0.1, 0.15) is 33.3 Å². The molecule has 0 saturated carbocycles. The van der Waals surface area contributed by atoms with Gasteiger partial charge >= 0.3 is 0 Å². The number of nitrogens with zero attached hydrogens (tertiary/aromatic N) is 3. The number of benzene rings is 1. The largest absolute Gasteiger partial charge is 0.496 e. The number of carbonyl (C=O) groups is 1. The van der Waals surface area contributed by atoms with Crippen molar-refractivity contribution >= 4 is 5.91 Å². The van der Waals surface area contributed by atoms with Crippen molar-refractivity contribution in [2.45, 2.75) is 13.0 Å². The zero-order chi connectivity index (χ0) is 21.0. The zero-order valence-electron chi connectivity index (χ0n) is 17.0. The zero-order valence-corrected chi connectivity index (χ0v) is 17.0. The van der Waals surface area contributed by atoms with E-state index in [1.165, 1.54) is 0 Å². The Morgan fingerprint density at radius 1 is 1.28 bits per heavy atom. The summed E-state index contributed by atoms with van der Waals surface area (Å²) < 4.78 is 12.9. The van der Waals surface area contributed by atoms with Crippen LogP contribution in [-0.2, 0) is 0 Å². The highest BCUT2D eigenvalue weighted by Gasteiger charge is 2.26. The molecule has 1 N–H and O–H groups in total. The average molecular weight is 392 g/mol. The van der Waals surface area contributed by atoms with Crippen LogP contribution in [0.4, 0.5) is 0 Å². The first-order chi connectivity index (χ1) is 14.0. The molecule has 150 valence electrons. The average Bonchev–Trinajstić information content (AvgIpc) is 3.35. The van der Waals surface area contributed by atoms with Gasteiger partial charge in [-0.2, -0.15) is 5.26 Å². The van der Waals surface area contributed by atoms with E-state index in [2.05, 4.69) is 11.4 Å². The predicted octanol–water partition coefficient (Wildman–Crippen LogP) is 3.29. The number of carbonyl (C=O) groups excluding carboxylic acids is 1. The summed E-state index contributed by atoms with van der Waals surface area (Å²) in [6.45, 7) is 2.03. The molecule has 0 fully saturated rings. The van der Waals surface area contributed by atoms with Crippen molar-refractivity contribution in [3.63, 3.8) is 0 Å². The molecule has 29 heavy (non-hydrogen) atoms. The van der Waals surface area contributed by atoms with E-state index >= 15 is 0 Å². The second kappa shape index (κ2) is 8.67. The molecule has 1 atom stereocenters. The van der Waals surface area contributed by atoms with E-state index in [4.69, 9.17) is 9.15 Å². The van der Waals surface area contributed by atoms with Crippen molar-refractivity contribution in [1.82, 2.24) is 14.8 Å². The van der Waals surface area contributed by atoms with Gasteiger partial charge in [-0.05, 0) is 39.2 Å². The van der Waals surface area contributed by atoms with Crippen LogP contribution in [0, 0.1) is 18.3 Å². The van der Waals surface area contributed by atoms with E-state index in [0.717, 1.165) is 11.3 Å². The molecule has 7 heteroatoms. The summed E-state index contributed by atoms with van der Waals surface area (Å²) in [4.78, 5) is 15.0. The summed E-state index contributed by atoms with van der Waals surface area (Å²) in [6.07, 6.45) is 3.54. The molecule has 0 spiro atoms. The molecule has 0 saturated heterocycles. The number of likely N-dealkylation sites (N-methyl/N-ethyl adjacent to an activating group) is 1. The van der Waals surface area contributed by atoms with Gasteiger partial charge in [0, 0.05) is 24.5 Å². The molecule has 0 radical (unpaired) electrons. The molecule has 1 aromatic carbocycles. The molecule has 2 aromatic heterocycles. The summed E-state index contributed by atoms with van der Waals surface area (Å²) in [5, 5.41) is 12.6. The van der Waals surface area contributed by atoms with E-state index in [0.29, 0.717) is 18.2 Å². The lowest BCUT2D eigenvalue weighted by molar-refractivity contribution is 0.0939.